The number of nitrogens with zero attached hydrogens (tertiary/aromatic N) is 2. The molecular formula is C20H21ClN4. The van der Waals surface area contributed by atoms with E-state index in [1.165, 1.54) is 5.56 Å². The van der Waals surface area contributed by atoms with Gasteiger partial charge in [0.25, 0.3) is 0 Å². The molecule has 0 aliphatic carbocycles. The van der Waals surface area contributed by atoms with Crippen LogP contribution in [0.2, 0.25) is 5.02 Å². The first-order chi connectivity index (χ1) is 12.0. The van der Waals surface area contributed by atoms with Crippen molar-refractivity contribution in [2.75, 3.05) is 10.6 Å². The highest BCUT2D eigenvalue weighted by Crippen LogP contribution is 2.21. The monoisotopic (exact) mass is 352 g/mol. The Kier molecular flexibility index (Phi) is 5.19. The summed E-state index contributed by atoms with van der Waals surface area (Å²) in [5.74, 6) is 1.34. The Morgan fingerprint density at radius 1 is 0.960 bits per heavy atom. The van der Waals surface area contributed by atoms with Gasteiger partial charge in [0.2, 0.25) is 5.95 Å². The molecule has 1 heterocycles. The first-order valence-electron chi connectivity index (χ1n) is 8.18. The Bertz CT molecular complexity index is 893. The summed E-state index contributed by atoms with van der Waals surface area (Å²) in [6.45, 7) is 6.72. The van der Waals surface area contributed by atoms with E-state index in [0.29, 0.717) is 12.5 Å². The maximum Gasteiger partial charge on any atom is 0.229 e. The zero-order valence-corrected chi connectivity index (χ0v) is 15.4. The van der Waals surface area contributed by atoms with Crippen molar-refractivity contribution in [2.24, 2.45) is 0 Å². The average molecular weight is 353 g/mol. The van der Waals surface area contributed by atoms with Crippen LogP contribution in [0.25, 0.3) is 0 Å². The standard InChI is InChI=1S/C20H21ClN4/c1-13-8-9-18(14(2)10-13)24-20-23-15(3)11-19(25-20)22-12-16-6-4-5-7-17(16)21/h4-11H,12H2,1-3H3,(H2,22,23,24,25). The van der Waals surface area contributed by atoms with Crippen molar-refractivity contribution >= 4 is 29.1 Å². The molecule has 0 fully saturated rings. The van der Waals surface area contributed by atoms with E-state index >= 15 is 0 Å². The third-order valence-electron chi connectivity index (χ3n) is 3.90. The van der Waals surface area contributed by atoms with Crippen LogP contribution in [0.1, 0.15) is 22.4 Å². The van der Waals surface area contributed by atoms with Gasteiger partial charge in [-0.05, 0) is 44.0 Å². The number of nitrogens with one attached hydrogen (secondary N) is 2. The number of benzene rings is 2. The lowest BCUT2D eigenvalue weighted by Crippen LogP contribution is -2.06. The minimum atomic E-state index is 0.577. The van der Waals surface area contributed by atoms with Crippen LogP contribution in [-0.2, 0) is 6.54 Å². The third-order valence-corrected chi connectivity index (χ3v) is 4.27. The van der Waals surface area contributed by atoms with E-state index in [1.54, 1.807) is 0 Å². The second kappa shape index (κ2) is 7.53. The van der Waals surface area contributed by atoms with E-state index in [9.17, 15) is 0 Å². The Balaban J connectivity index is 1.77. The maximum atomic E-state index is 6.21. The summed E-state index contributed by atoms with van der Waals surface area (Å²) >= 11 is 6.21. The van der Waals surface area contributed by atoms with Gasteiger partial charge in [-0.3, -0.25) is 0 Å². The lowest BCUT2D eigenvalue weighted by atomic mass is 10.1. The minimum absolute atomic E-state index is 0.577. The van der Waals surface area contributed by atoms with E-state index in [-0.39, 0.29) is 0 Å². The Hall–Kier alpha value is -2.59. The van der Waals surface area contributed by atoms with Crippen molar-refractivity contribution in [3.63, 3.8) is 0 Å². The molecule has 25 heavy (non-hydrogen) atoms. The van der Waals surface area contributed by atoms with Gasteiger partial charge < -0.3 is 10.6 Å². The number of hydrogen-bond acceptors (Lipinski definition) is 4. The van der Waals surface area contributed by atoms with Crippen LogP contribution >= 0.6 is 11.6 Å². The highest BCUT2D eigenvalue weighted by atomic mass is 35.5. The molecule has 1 aromatic heterocycles. The molecule has 0 bridgehead atoms. The summed E-state index contributed by atoms with van der Waals surface area (Å²) in [6, 6.07) is 16.0. The summed E-state index contributed by atoms with van der Waals surface area (Å²) < 4.78 is 0. The molecule has 0 spiro atoms. The van der Waals surface area contributed by atoms with Gasteiger partial charge >= 0.3 is 0 Å². The topological polar surface area (TPSA) is 49.8 Å². The number of halogens is 1. The predicted octanol–water partition coefficient (Wildman–Crippen LogP) is 5.41. The van der Waals surface area contributed by atoms with E-state index in [0.717, 1.165) is 33.3 Å². The Morgan fingerprint density at radius 3 is 2.52 bits per heavy atom. The van der Waals surface area contributed by atoms with Crippen LogP contribution in [0, 0.1) is 20.8 Å². The molecule has 0 amide bonds. The highest BCUT2D eigenvalue weighted by molar-refractivity contribution is 6.31. The molecule has 128 valence electrons. The fourth-order valence-electron chi connectivity index (χ4n) is 2.62. The normalized spacial score (nSPS) is 10.6. The van der Waals surface area contributed by atoms with E-state index < -0.39 is 0 Å². The number of hydrogen-bond donors (Lipinski definition) is 2. The first-order valence-corrected chi connectivity index (χ1v) is 8.56. The number of anilines is 3. The Labute approximate surface area is 153 Å². The molecule has 0 saturated heterocycles. The highest BCUT2D eigenvalue weighted by Gasteiger charge is 2.06. The summed E-state index contributed by atoms with van der Waals surface area (Å²) in [7, 11) is 0. The summed E-state index contributed by atoms with van der Waals surface area (Å²) in [4.78, 5) is 9.04. The summed E-state index contributed by atoms with van der Waals surface area (Å²) in [5, 5.41) is 7.36. The molecule has 0 atom stereocenters. The average Bonchev–Trinajstić information content (AvgIpc) is 2.56. The van der Waals surface area contributed by atoms with Crippen molar-refractivity contribution < 1.29 is 0 Å². The van der Waals surface area contributed by atoms with Crippen LogP contribution in [-0.4, -0.2) is 9.97 Å². The van der Waals surface area contributed by atoms with Crippen molar-refractivity contribution in [1.82, 2.24) is 9.97 Å². The van der Waals surface area contributed by atoms with Gasteiger partial charge in [0.05, 0.1) is 0 Å². The molecule has 5 heteroatoms. The van der Waals surface area contributed by atoms with Crippen LogP contribution in [0.5, 0.6) is 0 Å². The number of aromatic nitrogens is 2. The van der Waals surface area contributed by atoms with E-state index in [4.69, 9.17) is 11.6 Å². The lowest BCUT2D eigenvalue weighted by Gasteiger charge is -2.12. The Morgan fingerprint density at radius 2 is 1.76 bits per heavy atom. The molecule has 0 radical (unpaired) electrons. The fourth-order valence-corrected chi connectivity index (χ4v) is 2.82. The van der Waals surface area contributed by atoms with Gasteiger partial charge in [-0.2, -0.15) is 4.98 Å². The van der Waals surface area contributed by atoms with Crippen LogP contribution in [0.15, 0.2) is 48.5 Å². The van der Waals surface area contributed by atoms with Gasteiger partial charge in [0, 0.05) is 29.0 Å². The fraction of sp³-hybridized carbons (Fsp3) is 0.200. The van der Waals surface area contributed by atoms with Crippen LogP contribution in [0.4, 0.5) is 17.5 Å². The van der Waals surface area contributed by atoms with E-state index in [2.05, 4.69) is 46.6 Å². The lowest BCUT2D eigenvalue weighted by molar-refractivity contribution is 1.06. The summed E-state index contributed by atoms with van der Waals surface area (Å²) in [6.07, 6.45) is 0. The molecule has 0 unspecified atom stereocenters. The zero-order chi connectivity index (χ0) is 17.8. The van der Waals surface area contributed by atoms with Crippen LogP contribution in [0.3, 0.4) is 0 Å². The largest absolute Gasteiger partial charge is 0.366 e. The number of rotatable bonds is 5. The SMILES string of the molecule is Cc1ccc(Nc2nc(C)cc(NCc3ccccc3Cl)n2)c(C)c1. The second-order valence-corrected chi connectivity index (χ2v) is 6.51. The first kappa shape index (κ1) is 17.2. The van der Waals surface area contributed by atoms with Gasteiger partial charge in [0.15, 0.2) is 0 Å². The quantitative estimate of drug-likeness (QED) is 0.644. The van der Waals surface area contributed by atoms with Crippen molar-refractivity contribution in [1.29, 1.82) is 0 Å². The molecule has 0 saturated carbocycles. The van der Waals surface area contributed by atoms with E-state index in [1.807, 2.05) is 43.3 Å². The third kappa shape index (κ3) is 4.48. The molecule has 2 N–H and O–H groups in total. The van der Waals surface area contributed by atoms with Gasteiger partial charge in [0.1, 0.15) is 5.82 Å². The molecule has 0 aliphatic heterocycles. The van der Waals surface area contributed by atoms with Crippen LogP contribution < -0.4 is 10.6 Å². The molecule has 3 aromatic rings. The number of aryl methyl sites for hydroxylation is 3. The molecule has 0 aliphatic rings. The molecule has 3 rings (SSSR count). The second-order valence-electron chi connectivity index (χ2n) is 6.11. The van der Waals surface area contributed by atoms with Crippen molar-refractivity contribution in [3.05, 3.63) is 75.9 Å². The van der Waals surface area contributed by atoms with Gasteiger partial charge in [-0.15, -0.1) is 0 Å². The molecular weight excluding hydrogens is 332 g/mol. The van der Waals surface area contributed by atoms with Gasteiger partial charge in [-0.25, -0.2) is 4.98 Å². The molecule has 2 aromatic carbocycles. The van der Waals surface area contributed by atoms with Crippen molar-refractivity contribution in [3.8, 4) is 0 Å². The predicted molar refractivity (Wildman–Crippen MR) is 105 cm³/mol. The van der Waals surface area contributed by atoms with Gasteiger partial charge in [-0.1, -0.05) is 47.5 Å². The molecule has 4 nitrogen and oxygen atoms in total. The van der Waals surface area contributed by atoms with Crippen molar-refractivity contribution in [2.45, 2.75) is 27.3 Å². The smallest absolute Gasteiger partial charge is 0.229 e. The summed E-state index contributed by atoms with van der Waals surface area (Å²) in [5.41, 5.74) is 5.33. The zero-order valence-electron chi connectivity index (χ0n) is 14.6. The minimum Gasteiger partial charge on any atom is -0.366 e. The maximum absolute atomic E-state index is 6.21.